The van der Waals surface area contributed by atoms with Crippen molar-refractivity contribution in [3.63, 3.8) is 0 Å². The molecular formula is C15H19NO5. The molecule has 1 heterocycles. The molecule has 21 heavy (non-hydrogen) atoms. The fraction of sp³-hybridized carbons (Fsp3) is 0.400. The molecule has 6 heteroatoms. The van der Waals surface area contributed by atoms with Gasteiger partial charge in [-0.25, -0.2) is 9.59 Å². The van der Waals surface area contributed by atoms with Crippen LogP contribution in [0.25, 0.3) is 0 Å². The van der Waals surface area contributed by atoms with Gasteiger partial charge in [-0.1, -0.05) is 24.3 Å². The van der Waals surface area contributed by atoms with Crippen LogP contribution in [0, 0.1) is 0 Å². The van der Waals surface area contributed by atoms with Crippen LogP contribution in [0.5, 0.6) is 0 Å². The Bertz CT molecular complexity index is 478. The second kappa shape index (κ2) is 8.73. The largest absolute Gasteiger partial charge is 0.461 e. The van der Waals surface area contributed by atoms with Crippen molar-refractivity contribution in [2.75, 3.05) is 6.61 Å². The van der Waals surface area contributed by atoms with E-state index in [4.69, 9.17) is 4.74 Å². The predicted molar refractivity (Wildman–Crippen MR) is 76.3 cm³/mol. The molecule has 114 valence electrons. The first-order valence-electron chi connectivity index (χ1n) is 6.67. The van der Waals surface area contributed by atoms with Gasteiger partial charge in [0.1, 0.15) is 12.6 Å². The van der Waals surface area contributed by atoms with E-state index in [1.807, 2.05) is 25.2 Å². The Balaban J connectivity index is 2.29. The van der Waals surface area contributed by atoms with E-state index in [9.17, 15) is 14.4 Å². The Hall–Kier alpha value is -2.37. The molecule has 1 aliphatic heterocycles. The van der Waals surface area contributed by atoms with Crippen LogP contribution in [0.3, 0.4) is 0 Å². The van der Waals surface area contributed by atoms with Gasteiger partial charge in [0.05, 0.1) is 0 Å². The molecule has 1 amide bonds. The normalized spacial score (nSPS) is 18.5. The highest BCUT2D eigenvalue weighted by Gasteiger charge is 2.32. The minimum Gasteiger partial charge on any atom is -0.461 e. The smallest absolute Gasteiger partial charge is 0.415 e. The Kier molecular flexibility index (Phi) is 6.94. The van der Waals surface area contributed by atoms with E-state index in [0.717, 1.165) is 12.0 Å². The fourth-order valence-electron chi connectivity index (χ4n) is 1.62. The molecule has 0 radical (unpaired) electrons. The first-order valence-corrected chi connectivity index (χ1v) is 6.67. The van der Waals surface area contributed by atoms with Crippen LogP contribution in [0.1, 0.15) is 26.2 Å². The lowest BCUT2D eigenvalue weighted by Gasteiger charge is -2.07. The summed E-state index contributed by atoms with van der Waals surface area (Å²) in [5, 5.41) is 2.32. The summed E-state index contributed by atoms with van der Waals surface area (Å²) >= 11 is 0. The molecule has 1 fully saturated rings. The highest BCUT2D eigenvalue weighted by atomic mass is 16.6. The second-order valence-electron chi connectivity index (χ2n) is 4.40. The Labute approximate surface area is 123 Å². The summed E-state index contributed by atoms with van der Waals surface area (Å²) in [7, 11) is 0. The number of ether oxygens (including phenoxy) is 2. The number of hydrogen-bond acceptors (Lipinski definition) is 5. The lowest BCUT2D eigenvalue weighted by atomic mass is 10.1. The predicted octanol–water partition coefficient (Wildman–Crippen LogP) is 2.02. The molecule has 0 aromatic carbocycles. The molecule has 1 N–H and O–H groups in total. The van der Waals surface area contributed by atoms with Gasteiger partial charge < -0.3 is 14.8 Å². The minimum absolute atomic E-state index is 0.0351. The van der Waals surface area contributed by atoms with E-state index in [-0.39, 0.29) is 19.4 Å². The molecule has 1 atom stereocenters. The third-order valence-corrected chi connectivity index (χ3v) is 2.81. The van der Waals surface area contributed by atoms with Gasteiger partial charge in [0, 0.05) is 6.42 Å². The topological polar surface area (TPSA) is 81.7 Å². The quantitative estimate of drug-likeness (QED) is 0.320. The molecule has 0 bridgehead atoms. The van der Waals surface area contributed by atoms with Crippen molar-refractivity contribution in [2.45, 2.75) is 32.2 Å². The maximum atomic E-state index is 11.6. The summed E-state index contributed by atoms with van der Waals surface area (Å²) in [6.07, 6.45) is 7.57. The Morgan fingerprint density at radius 3 is 2.81 bits per heavy atom. The summed E-state index contributed by atoms with van der Waals surface area (Å²) in [6, 6.07) is -0.765. The molecule has 1 aliphatic rings. The van der Waals surface area contributed by atoms with Crippen molar-refractivity contribution in [2.24, 2.45) is 0 Å². The molecule has 0 unspecified atom stereocenters. The average molecular weight is 293 g/mol. The average Bonchev–Trinajstić information content (AvgIpc) is 2.78. The van der Waals surface area contributed by atoms with Crippen molar-refractivity contribution in [1.82, 2.24) is 5.32 Å². The zero-order chi connectivity index (χ0) is 15.7. The molecule has 1 saturated heterocycles. The fourth-order valence-corrected chi connectivity index (χ4v) is 1.62. The zero-order valence-corrected chi connectivity index (χ0v) is 12.0. The van der Waals surface area contributed by atoms with Crippen LogP contribution in [0.2, 0.25) is 0 Å². The third kappa shape index (κ3) is 6.07. The van der Waals surface area contributed by atoms with Crippen molar-refractivity contribution < 1.29 is 23.9 Å². The number of carbonyl (C=O) groups excluding carboxylic acids is 3. The number of amides is 1. The summed E-state index contributed by atoms with van der Waals surface area (Å²) < 4.78 is 9.41. The van der Waals surface area contributed by atoms with Crippen molar-refractivity contribution in [3.8, 4) is 0 Å². The van der Waals surface area contributed by atoms with Gasteiger partial charge in [-0.15, -0.1) is 6.58 Å². The van der Waals surface area contributed by atoms with E-state index in [1.54, 1.807) is 6.08 Å². The van der Waals surface area contributed by atoms with Gasteiger partial charge in [0.15, 0.2) is 0 Å². The molecule has 6 nitrogen and oxygen atoms in total. The number of allylic oxidation sites excluding steroid dienone is 3. The summed E-state index contributed by atoms with van der Waals surface area (Å²) in [4.78, 5) is 33.6. The van der Waals surface area contributed by atoms with E-state index in [0.29, 0.717) is 0 Å². The van der Waals surface area contributed by atoms with Gasteiger partial charge in [-0.3, -0.25) is 4.79 Å². The summed E-state index contributed by atoms with van der Waals surface area (Å²) in [5.41, 5.74) is 0.874. The minimum atomic E-state index is -0.776. The first-order chi connectivity index (χ1) is 10.1. The van der Waals surface area contributed by atoms with Gasteiger partial charge >= 0.3 is 18.0 Å². The van der Waals surface area contributed by atoms with E-state index in [2.05, 4.69) is 16.6 Å². The molecular weight excluding hydrogens is 274 g/mol. The van der Waals surface area contributed by atoms with E-state index in [1.165, 1.54) is 0 Å². The number of hydrogen-bond donors (Lipinski definition) is 1. The second-order valence-corrected chi connectivity index (χ2v) is 4.40. The maximum absolute atomic E-state index is 11.6. The van der Waals surface area contributed by atoms with Crippen LogP contribution in [0.15, 0.2) is 36.5 Å². The van der Waals surface area contributed by atoms with Gasteiger partial charge in [0.25, 0.3) is 0 Å². The number of carbonyl (C=O) groups is 3. The lowest BCUT2D eigenvalue weighted by molar-refractivity contribution is -0.143. The third-order valence-electron chi connectivity index (χ3n) is 2.81. The SMILES string of the molecule is C=CC/C=C\C(=C/C)COC(=O)CC[C@@H]1NC(=O)OC1=O. The maximum Gasteiger partial charge on any atom is 0.415 e. The number of esters is 2. The first kappa shape index (κ1) is 16.7. The highest BCUT2D eigenvalue weighted by Crippen LogP contribution is 2.08. The number of rotatable bonds is 8. The van der Waals surface area contributed by atoms with Gasteiger partial charge in [0.2, 0.25) is 0 Å². The number of cyclic esters (lactones) is 2. The van der Waals surface area contributed by atoms with Crippen molar-refractivity contribution >= 4 is 18.0 Å². The van der Waals surface area contributed by atoms with Gasteiger partial charge in [-0.2, -0.15) is 0 Å². The summed E-state index contributed by atoms with van der Waals surface area (Å²) in [6.45, 7) is 5.63. The zero-order valence-electron chi connectivity index (χ0n) is 12.0. The Morgan fingerprint density at radius 2 is 2.24 bits per heavy atom. The van der Waals surface area contributed by atoms with Crippen LogP contribution in [-0.4, -0.2) is 30.7 Å². The van der Waals surface area contributed by atoms with Crippen LogP contribution in [0.4, 0.5) is 4.79 Å². The highest BCUT2D eigenvalue weighted by molar-refractivity contribution is 5.95. The standard InChI is InChI=1S/C15H19NO5/c1-3-5-6-7-11(4-2)10-20-13(17)9-8-12-14(18)21-15(19)16-12/h3-4,6-7,12H,1,5,8-10H2,2H3,(H,16,19)/b7-6-,11-4+/t12-/m0/s1. The van der Waals surface area contributed by atoms with E-state index >= 15 is 0 Å². The van der Waals surface area contributed by atoms with E-state index < -0.39 is 24.1 Å². The molecule has 0 aromatic heterocycles. The molecule has 0 spiro atoms. The van der Waals surface area contributed by atoms with Crippen molar-refractivity contribution in [1.29, 1.82) is 0 Å². The van der Waals surface area contributed by atoms with Crippen molar-refractivity contribution in [3.05, 3.63) is 36.5 Å². The number of alkyl carbamates (subject to hydrolysis) is 1. The Morgan fingerprint density at radius 1 is 1.48 bits per heavy atom. The molecule has 1 rings (SSSR count). The molecule has 0 aliphatic carbocycles. The molecule has 0 saturated carbocycles. The van der Waals surface area contributed by atoms with Crippen LogP contribution in [-0.2, 0) is 19.1 Å². The van der Waals surface area contributed by atoms with Crippen LogP contribution < -0.4 is 5.32 Å². The van der Waals surface area contributed by atoms with Gasteiger partial charge in [-0.05, 0) is 25.3 Å². The monoisotopic (exact) mass is 293 g/mol. The van der Waals surface area contributed by atoms with Crippen LogP contribution >= 0.6 is 0 Å². The molecule has 0 aromatic rings. The lowest BCUT2D eigenvalue weighted by Crippen LogP contribution is -2.29. The number of nitrogens with one attached hydrogen (secondary N) is 1. The summed E-state index contributed by atoms with van der Waals surface area (Å²) in [5.74, 6) is -1.09.